The van der Waals surface area contributed by atoms with Crippen LogP contribution in [0.4, 0.5) is 0 Å². The quantitative estimate of drug-likeness (QED) is 0.723. The van der Waals surface area contributed by atoms with Gasteiger partial charge in [-0.1, -0.05) is 13.0 Å². The van der Waals surface area contributed by atoms with Crippen molar-refractivity contribution in [2.24, 2.45) is 11.1 Å². The van der Waals surface area contributed by atoms with Gasteiger partial charge in [-0.15, -0.1) is 12.4 Å². The number of carbonyl (C=O) groups is 1. The van der Waals surface area contributed by atoms with Gasteiger partial charge < -0.3 is 20.5 Å². The highest BCUT2D eigenvalue weighted by Crippen LogP contribution is 2.28. The van der Waals surface area contributed by atoms with Crippen molar-refractivity contribution in [1.82, 2.24) is 10.2 Å². The Labute approximate surface area is 156 Å². The van der Waals surface area contributed by atoms with Crippen LogP contribution in [0.15, 0.2) is 18.2 Å². The van der Waals surface area contributed by atoms with Gasteiger partial charge in [0.1, 0.15) is 0 Å². The number of nitrogens with one attached hydrogen (secondary N) is 1. The van der Waals surface area contributed by atoms with Crippen LogP contribution in [0.25, 0.3) is 0 Å². The van der Waals surface area contributed by atoms with Crippen molar-refractivity contribution >= 4 is 18.3 Å². The normalized spacial score (nSPS) is 20.0. The predicted octanol–water partition coefficient (Wildman–Crippen LogP) is 1.46. The summed E-state index contributed by atoms with van der Waals surface area (Å²) in [5.41, 5.74) is 7.06. The Hall–Kier alpha value is -1.50. The Bertz CT molecular complexity index is 570. The van der Waals surface area contributed by atoms with E-state index in [-0.39, 0.29) is 23.7 Å². The molecule has 1 atom stereocenters. The van der Waals surface area contributed by atoms with Crippen molar-refractivity contribution in [3.8, 4) is 11.5 Å². The number of ether oxygens (including phenoxy) is 2. The molecule has 0 bridgehead atoms. The fourth-order valence-corrected chi connectivity index (χ4v) is 3.07. The van der Waals surface area contributed by atoms with Crippen molar-refractivity contribution in [3.63, 3.8) is 0 Å². The minimum absolute atomic E-state index is 0. The number of hydrogen-bond acceptors (Lipinski definition) is 5. The summed E-state index contributed by atoms with van der Waals surface area (Å²) in [7, 11) is 3.24. The molecule has 0 radical (unpaired) electrons. The third-order valence-corrected chi connectivity index (χ3v) is 4.68. The van der Waals surface area contributed by atoms with Crippen LogP contribution in [0, 0.1) is 5.41 Å². The van der Waals surface area contributed by atoms with Gasteiger partial charge in [0.05, 0.1) is 20.8 Å². The third-order valence-electron chi connectivity index (χ3n) is 4.68. The monoisotopic (exact) mass is 371 g/mol. The molecule has 1 aromatic rings. The van der Waals surface area contributed by atoms with Crippen LogP contribution in [-0.4, -0.2) is 57.8 Å². The molecule has 1 aliphatic rings. The minimum atomic E-state index is 0. The lowest BCUT2D eigenvalue weighted by atomic mass is 9.90. The smallest absolute Gasteiger partial charge is 0.234 e. The van der Waals surface area contributed by atoms with Crippen LogP contribution < -0.4 is 20.5 Å². The molecule has 1 aliphatic heterocycles. The summed E-state index contributed by atoms with van der Waals surface area (Å²) < 4.78 is 10.5. The highest BCUT2D eigenvalue weighted by Gasteiger charge is 2.32. The van der Waals surface area contributed by atoms with Gasteiger partial charge in [-0.25, -0.2) is 0 Å². The number of methoxy groups -OCH3 is 2. The van der Waals surface area contributed by atoms with E-state index in [2.05, 4.69) is 17.1 Å². The van der Waals surface area contributed by atoms with E-state index in [1.807, 2.05) is 18.2 Å². The maximum absolute atomic E-state index is 12.1. The molecule has 1 amide bonds. The Morgan fingerprint density at radius 1 is 1.32 bits per heavy atom. The molecule has 0 aromatic heterocycles. The lowest BCUT2D eigenvalue weighted by Crippen LogP contribution is -2.38. The van der Waals surface area contributed by atoms with E-state index in [1.165, 1.54) is 0 Å². The zero-order chi connectivity index (χ0) is 17.6. The Kier molecular flexibility index (Phi) is 8.48. The van der Waals surface area contributed by atoms with E-state index < -0.39 is 0 Å². The van der Waals surface area contributed by atoms with Crippen LogP contribution in [0.1, 0.15) is 18.9 Å². The number of carbonyl (C=O) groups excluding carboxylic acids is 1. The SMILES string of the molecule is COc1ccc(CCNC(=O)CN2CCC(C)(CN)C2)cc1OC.Cl. The van der Waals surface area contributed by atoms with E-state index >= 15 is 0 Å². The molecule has 1 fully saturated rings. The molecule has 142 valence electrons. The number of halogens is 1. The van der Waals surface area contributed by atoms with Gasteiger partial charge in [-0.05, 0) is 49.0 Å². The number of benzene rings is 1. The van der Waals surface area contributed by atoms with Gasteiger partial charge in [0.2, 0.25) is 5.91 Å². The molecule has 3 N–H and O–H groups in total. The number of likely N-dealkylation sites (tertiary alicyclic amines) is 1. The Morgan fingerprint density at radius 2 is 2.04 bits per heavy atom. The molecule has 2 rings (SSSR count). The molecule has 0 saturated carbocycles. The highest BCUT2D eigenvalue weighted by molar-refractivity contribution is 5.85. The van der Waals surface area contributed by atoms with Crippen molar-refractivity contribution in [2.75, 3.05) is 46.9 Å². The topological polar surface area (TPSA) is 76.8 Å². The van der Waals surface area contributed by atoms with Crippen LogP contribution in [-0.2, 0) is 11.2 Å². The van der Waals surface area contributed by atoms with Crippen molar-refractivity contribution in [2.45, 2.75) is 19.8 Å². The first-order valence-corrected chi connectivity index (χ1v) is 8.40. The van der Waals surface area contributed by atoms with Gasteiger partial charge in [0, 0.05) is 13.1 Å². The second kappa shape index (κ2) is 9.85. The number of nitrogens with two attached hydrogens (primary N) is 1. The number of rotatable bonds is 8. The molecular formula is C18H30ClN3O3. The van der Waals surface area contributed by atoms with E-state index in [1.54, 1.807) is 14.2 Å². The van der Waals surface area contributed by atoms with Gasteiger partial charge in [0.15, 0.2) is 11.5 Å². The van der Waals surface area contributed by atoms with Gasteiger partial charge in [0.25, 0.3) is 0 Å². The fourth-order valence-electron chi connectivity index (χ4n) is 3.07. The summed E-state index contributed by atoms with van der Waals surface area (Å²) in [5.74, 6) is 1.48. The van der Waals surface area contributed by atoms with Crippen molar-refractivity contribution in [1.29, 1.82) is 0 Å². The lowest BCUT2D eigenvalue weighted by molar-refractivity contribution is -0.122. The second-order valence-electron chi connectivity index (χ2n) is 6.76. The van der Waals surface area contributed by atoms with Gasteiger partial charge in [-0.2, -0.15) is 0 Å². The molecule has 1 saturated heterocycles. The average Bonchev–Trinajstić information content (AvgIpc) is 2.96. The second-order valence-corrected chi connectivity index (χ2v) is 6.76. The number of hydrogen-bond donors (Lipinski definition) is 2. The average molecular weight is 372 g/mol. The Morgan fingerprint density at radius 3 is 2.64 bits per heavy atom. The molecule has 0 aliphatic carbocycles. The summed E-state index contributed by atoms with van der Waals surface area (Å²) in [6.07, 6.45) is 1.81. The summed E-state index contributed by atoms with van der Waals surface area (Å²) in [6, 6.07) is 5.81. The van der Waals surface area contributed by atoms with E-state index in [0.29, 0.717) is 31.1 Å². The largest absolute Gasteiger partial charge is 0.493 e. The summed E-state index contributed by atoms with van der Waals surface area (Å²) in [6.45, 7) is 5.74. The van der Waals surface area contributed by atoms with Crippen molar-refractivity contribution in [3.05, 3.63) is 23.8 Å². The predicted molar refractivity (Wildman–Crippen MR) is 102 cm³/mol. The summed E-state index contributed by atoms with van der Waals surface area (Å²) in [5, 5.41) is 2.99. The molecule has 25 heavy (non-hydrogen) atoms. The highest BCUT2D eigenvalue weighted by atomic mass is 35.5. The lowest BCUT2D eigenvalue weighted by Gasteiger charge is -2.22. The van der Waals surface area contributed by atoms with E-state index in [9.17, 15) is 4.79 Å². The van der Waals surface area contributed by atoms with Gasteiger partial charge in [-0.3, -0.25) is 9.69 Å². The fraction of sp³-hybridized carbons (Fsp3) is 0.611. The number of amides is 1. The molecule has 0 spiro atoms. The van der Waals surface area contributed by atoms with E-state index in [0.717, 1.165) is 31.5 Å². The maximum Gasteiger partial charge on any atom is 0.234 e. The zero-order valence-electron chi connectivity index (χ0n) is 15.3. The van der Waals surface area contributed by atoms with E-state index in [4.69, 9.17) is 15.2 Å². The molecule has 1 aromatic carbocycles. The molecular weight excluding hydrogens is 342 g/mol. The first-order valence-electron chi connectivity index (χ1n) is 8.40. The Balaban J connectivity index is 0.00000312. The molecule has 6 nitrogen and oxygen atoms in total. The summed E-state index contributed by atoms with van der Waals surface area (Å²) in [4.78, 5) is 14.3. The standard InChI is InChI=1S/C18H29N3O3.ClH/c1-18(12-19)7-9-21(13-18)11-17(22)20-8-6-14-4-5-15(23-2)16(10-14)24-3;/h4-5,10H,6-9,11-13,19H2,1-3H3,(H,20,22);1H. The number of nitrogens with zero attached hydrogens (tertiary/aromatic N) is 1. The van der Waals surface area contributed by atoms with Crippen LogP contribution >= 0.6 is 12.4 Å². The third kappa shape index (κ3) is 6.06. The maximum atomic E-state index is 12.1. The van der Waals surface area contributed by atoms with Gasteiger partial charge >= 0.3 is 0 Å². The zero-order valence-corrected chi connectivity index (χ0v) is 16.2. The first-order chi connectivity index (χ1) is 11.5. The molecule has 1 unspecified atom stereocenters. The van der Waals surface area contributed by atoms with Crippen LogP contribution in [0.3, 0.4) is 0 Å². The van der Waals surface area contributed by atoms with Crippen LogP contribution in [0.2, 0.25) is 0 Å². The minimum Gasteiger partial charge on any atom is -0.493 e. The first kappa shape index (κ1) is 21.5. The summed E-state index contributed by atoms with van der Waals surface area (Å²) >= 11 is 0. The molecule has 7 heteroatoms. The van der Waals surface area contributed by atoms with Crippen LogP contribution in [0.5, 0.6) is 11.5 Å². The van der Waals surface area contributed by atoms with Crippen molar-refractivity contribution < 1.29 is 14.3 Å². The molecule has 1 heterocycles.